The molecule has 1 amide bonds. The maximum absolute atomic E-state index is 12.3. The van der Waals surface area contributed by atoms with E-state index in [-0.39, 0.29) is 12.1 Å². The van der Waals surface area contributed by atoms with Crippen LogP contribution in [0, 0.1) is 0 Å². The van der Waals surface area contributed by atoms with Crippen molar-refractivity contribution in [2.75, 3.05) is 25.9 Å². The number of rotatable bonds is 7. The van der Waals surface area contributed by atoms with Crippen molar-refractivity contribution in [3.05, 3.63) is 0 Å². The fraction of sp³-hybridized carbons (Fsp3) is 0.941. The summed E-state index contributed by atoms with van der Waals surface area (Å²) < 4.78 is 5.83. The molecule has 0 saturated carbocycles. The van der Waals surface area contributed by atoms with E-state index in [1.807, 2.05) is 37.4 Å². The Morgan fingerprint density at radius 3 is 2.45 bits per heavy atom. The number of thioether (sulfide) groups is 1. The quantitative estimate of drug-likeness (QED) is 0.769. The van der Waals surface area contributed by atoms with Gasteiger partial charge < -0.3 is 15.0 Å². The normalized spacial score (nSPS) is 19.5. The summed E-state index contributed by atoms with van der Waals surface area (Å²) in [5, 5.41) is 3.60. The van der Waals surface area contributed by atoms with Crippen LogP contribution < -0.4 is 5.32 Å². The summed E-state index contributed by atoms with van der Waals surface area (Å²) in [6.45, 7) is 12.9. The zero-order valence-electron chi connectivity index (χ0n) is 15.2. The first-order chi connectivity index (χ1) is 10.3. The van der Waals surface area contributed by atoms with Gasteiger partial charge in [-0.15, -0.1) is 0 Å². The lowest BCUT2D eigenvalue weighted by Gasteiger charge is -2.32. The Morgan fingerprint density at radius 2 is 1.95 bits per heavy atom. The van der Waals surface area contributed by atoms with Crippen molar-refractivity contribution >= 4 is 17.9 Å². The van der Waals surface area contributed by atoms with Crippen molar-refractivity contribution in [1.82, 2.24) is 10.2 Å². The van der Waals surface area contributed by atoms with Crippen molar-refractivity contribution in [2.45, 2.75) is 76.7 Å². The Kier molecular flexibility index (Phi) is 7.53. The Labute approximate surface area is 140 Å². The first-order valence-corrected chi connectivity index (χ1v) is 9.75. The first-order valence-electron chi connectivity index (χ1n) is 8.52. The summed E-state index contributed by atoms with van der Waals surface area (Å²) in [5.74, 6) is 0. The molecule has 4 nitrogen and oxygen atoms in total. The van der Waals surface area contributed by atoms with Gasteiger partial charge in [-0.3, -0.25) is 0 Å². The zero-order chi connectivity index (χ0) is 16.8. The minimum Gasteiger partial charge on any atom is -0.444 e. The van der Waals surface area contributed by atoms with Gasteiger partial charge in [-0.1, -0.05) is 13.8 Å². The number of hydrogen-bond donors (Lipinski definition) is 1. The number of carbonyl (C=O) groups is 1. The van der Waals surface area contributed by atoms with E-state index >= 15 is 0 Å². The molecule has 1 rings (SSSR count). The van der Waals surface area contributed by atoms with Crippen LogP contribution >= 0.6 is 11.8 Å². The SMILES string of the molecule is CCC(CC)(CNCC1CCCN1C(=O)OC(C)(C)C)SC. The van der Waals surface area contributed by atoms with Crippen LogP contribution in [0.5, 0.6) is 0 Å². The lowest BCUT2D eigenvalue weighted by atomic mass is 10.0. The molecular weight excluding hydrogens is 296 g/mol. The van der Waals surface area contributed by atoms with Gasteiger partial charge in [0.05, 0.1) is 0 Å². The third-order valence-electron chi connectivity index (χ3n) is 4.55. The second-order valence-electron chi connectivity index (χ2n) is 7.19. The number of likely N-dealkylation sites (tertiary alicyclic amines) is 1. The van der Waals surface area contributed by atoms with Crippen LogP contribution in [0.1, 0.15) is 60.3 Å². The molecule has 0 radical (unpaired) electrons. The summed E-state index contributed by atoms with van der Waals surface area (Å²) in [7, 11) is 0. The molecule has 130 valence electrons. The molecule has 1 aliphatic rings. The van der Waals surface area contributed by atoms with E-state index in [1.165, 1.54) is 0 Å². The van der Waals surface area contributed by atoms with Crippen LogP contribution in [0.15, 0.2) is 0 Å². The molecular formula is C17H34N2O2S. The number of amides is 1. The summed E-state index contributed by atoms with van der Waals surface area (Å²) in [6, 6.07) is 0.267. The number of nitrogens with one attached hydrogen (secondary N) is 1. The molecule has 1 saturated heterocycles. The summed E-state index contributed by atoms with van der Waals surface area (Å²) in [6.07, 6.45) is 6.49. The highest BCUT2D eigenvalue weighted by Crippen LogP contribution is 2.29. The molecule has 0 aromatic heterocycles. The van der Waals surface area contributed by atoms with Gasteiger partial charge in [-0.05, 0) is 52.7 Å². The maximum atomic E-state index is 12.3. The zero-order valence-corrected chi connectivity index (χ0v) is 16.0. The van der Waals surface area contributed by atoms with Gasteiger partial charge in [0.15, 0.2) is 0 Å². The van der Waals surface area contributed by atoms with Crippen molar-refractivity contribution < 1.29 is 9.53 Å². The predicted molar refractivity (Wildman–Crippen MR) is 95.7 cm³/mol. The Hall–Kier alpha value is -0.420. The fourth-order valence-electron chi connectivity index (χ4n) is 2.94. The molecule has 1 unspecified atom stereocenters. The molecule has 0 aromatic rings. The molecule has 5 heteroatoms. The monoisotopic (exact) mass is 330 g/mol. The fourth-order valence-corrected chi connectivity index (χ4v) is 3.76. The number of hydrogen-bond acceptors (Lipinski definition) is 4. The lowest BCUT2D eigenvalue weighted by Crippen LogP contribution is -2.46. The second kappa shape index (κ2) is 8.44. The van der Waals surface area contributed by atoms with Gasteiger partial charge >= 0.3 is 6.09 Å². The van der Waals surface area contributed by atoms with Crippen molar-refractivity contribution in [1.29, 1.82) is 0 Å². The van der Waals surface area contributed by atoms with Crippen molar-refractivity contribution in [3.63, 3.8) is 0 Å². The van der Waals surface area contributed by atoms with E-state index < -0.39 is 5.60 Å². The maximum Gasteiger partial charge on any atom is 0.410 e. The Bertz CT molecular complexity index is 343. The molecule has 1 fully saturated rings. The third-order valence-corrected chi connectivity index (χ3v) is 6.14. The highest BCUT2D eigenvalue weighted by molar-refractivity contribution is 8.00. The van der Waals surface area contributed by atoms with Crippen LogP contribution in [0.2, 0.25) is 0 Å². The van der Waals surface area contributed by atoms with E-state index in [1.54, 1.807) is 0 Å². The minimum atomic E-state index is -0.421. The predicted octanol–water partition coefficient (Wildman–Crippen LogP) is 3.90. The van der Waals surface area contributed by atoms with Crippen LogP contribution in [-0.2, 0) is 4.74 Å². The van der Waals surface area contributed by atoms with Crippen LogP contribution in [0.3, 0.4) is 0 Å². The van der Waals surface area contributed by atoms with E-state index in [4.69, 9.17) is 4.74 Å². The molecule has 1 heterocycles. The average Bonchev–Trinajstić information content (AvgIpc) is 2.91. The van der Waals surface area contributed by atoms with Crippen molar-refractivity contribution in [3.8, 4) is 0 Å². The second-order valence-corrected chi connectivity index (χ2v) is 8.47. The smallest absolute Gasteiger partial charge is 0.410 e. The summed E-state index contributed by atoms with van der Waals surface area (Å²) >= 11 is 1.95. The van der Waals surface area contributed by atoms with Crippen LogP contribution in [-0.4, -0.2) is 53.3 Å². The van der Waals surface area contributed by atoms with Gasteiger partial charge in [0.1, 0.15) is 5.60 Å². The van der Waals surface area contributed by atoms with Crippen LogP contribution in [0.4, 0.5) is 4.79 Å². The summed E-state index contributed by atoms with van der Waals surface area (Å²) in [5.41, 5.74) is -0.421. The lowest BCUT2D eigenvalue weighted by molar-refractivity contribution is 0.0226. The summed E-state index contributed by atoms with van der Waals surface area (Å²) in [4.78, 5) is 14.2. The molecule has 0 spiro atoms. The highest BCUT2D eigenvalue weighted by Gasteiger charge is 2.32. The van der Waals surface area contributed by atoms with Gasteiger partial charge in [0.25, 0.3) is 0 Å². The van der Waals surface area contributed by atoms with Gasteiger partial charge in [0.2, 0.25) is 0 Å². The topological polar surface area (TPSA) is 41.6 Å². The number of ether oxygens (including phenoxy) is 1. The minimum absolute atomic E-state index is 0.168. The average molecular weight is 331 g/mol. The highest BCUT2D eigenvalue weighted by atomic mass is 32.2. The molecule has 1 atom stereocenters. The molecule has 0 bridgehead atoms. The van der Waals surface area contributed by atoms with E-state index in [9.17, 15) is 4.79 Å². The van der Waals surface area contributed by atoms with Crippen LogP contribution in [0.25, 0.3) is 0 Å². The standard InChI is InChI=1S/C17H34N2O2S/c1-7-17(8-2,22-6)13-18-12-14-10-9-11-19(14)15(20)21-16(3,4)5/h14,18H,7-13H2,1-6H3. The molecule has 22 heavy (non-hydrogen) atoms. The molecule has 0 aliphatic carbocycles. The number of nitrogens with zero attached hydrogens (tertiary/aromatic N) is 1. The Balaban J connectivity index is 2.49. The van der Waals surface area contributed by atoms with Gasteiger partial charge in [-0.2, -0.15) is 11.8 Å². The molecule has 1 N–H and O–H groups in total. The van der Waals surface area contributed by atoms with Gasteiger partial charge in [-0.25, -0.2) is 4.79 Å². The largest absolute Gasteiger partial charge is 0.444 e. The first kappa shape index (κ1) is 19.6. The molecule has 0 aromatic carbocycles. The van der Waals surface area contributed by atoms with E-state index in [2.05, 4.69) is 25.4 Å². The van der Waals surface area contributed by atoms with Gasteiger partial charge in [0, 0.05) is 30.4 Å². The van der Waals surface area contributed by atoms with Crippen molar-refractivity contribution in [2.24, 2.45) is 0 Å². The number of carbonyl (C=O) groups excluding carboxylic acids is 1. The molecule has 1 aliphatic heterocycles. The van der Waals surface area contributed by atoms with E-state index in [0.29, 0.717) is 4.75 Å². The van der Waals surface area contributed by atoms with E-state index in [0.717, 1.165) is 45.3 Å². The third kappa shape index (κ3) is 5.65. The Morgan fingerprint density at radius 1 is 1.32 bits per heavy atom.